The van der Waals surface area contributed by atoms with Crippen molar-refractivity contribution < 1.29 is 24.5 Å². The third-order valence-corrected chi connectivity index (χ3v) is 18.2. The number of esters is 1. The number of hydrogen-bond acceptors (Lipinski definition) is 5. The summed E-state index contributed by atoms with van der Waals surface area (Å²) in [5.41, 5.74) is 0. The zero-order valence-corrected chi connectivity index (χ0v) is 57.6. The van der Waals surface area contributed by atoms with Crippen LogP contribution in [0.5, 0.6) is 0 Å². The molecule has 0 aliphatic carbocycles. The number of aliphatic hydroxyl groups is 2. The van der Waals surface area contributed by atoms with Gasteiger partial charge >= 0.3 is 5.97 Å². The quantitative estimate of drug-likeness (QED) is 0.0320. The number of hydrogen-bond donors (Lipinski definition) is 3. The van der Waals surface area contributed by atoms with Crippen LogP contribution in [0.15, 0.2) is 36.5 Å². The average Bonchev–Trinajstić information content (AvgIpc) is 3.51. The molecule has 1 amide bonds. The van der Waals surface area contributed by atoms with Crippen LogP contribution in [0, 0.1) is 0 Å². The lowest BCUT2D eigenvalue weighted by Gasteiger charge is -2.22. The molecule has 0 heterocycles. The molecule has 0 saturated heterocycles. The fraction of sp³-hybridized carbons (Fsp3) is 0.899. The van der Waals surface area contributed by atoms with E-state index in [1.54, 1.807) is 0 Å². The minimum absolute atomic E-state index is 0.00670. The highest BCUT2D eigenvalue weighted by Crippen LogP contribution is 2.19. The van der Waals surface area contributed by atoms with Crippen molar-refractivity contribution in [1.29, 1.82) is 0 Å². The van der Waals surface area contributed by atoms with Gasteiger partial charge in [0.2, 0.25) is 5.91 Å². The smallest absolute Gasteiger partial charge is 0.305 e. The van der Waals surface area contributed by atoms with Gasteiger partial charge in [0.05, 0.1) is 25.4 Å². The summed E-state index contributed by atoms with van der Waals surface area (Å²) in [5, 5.41) is 23.4. The van der Waals surface area contributed by atoms with Gasteiger partial charge in [-0.15, -0.1) is 0 Å². The molecule has 0 bridgehead atoms. The highest BCUT2D eigenvalue weighted by atomic mass is 16.5. The molecular formula is C79H151NO5. The summed E-state index contributed by atoms with van der Waals surface area (Å²) in [5.74, 6) is -0.0206. The van der Waals surface area contributed by atoms with Gasteiger partial charge in [-0.1, -0.05) is 371 Å². The molecule has 0 rings (SSSR count). The topological polar surface area (TPSA) is 95.9 Å². The van der Waals surface area contributed by atoms with Crippen LogP contribution < -0.4 is 5.32 Å². The Morgan fingerprint density at radius 1 is 0.329 bits per heavy atom. The van der Waals surface area contributed by atoms with Crippen LogP contribution in [0.4, 0.5) is 0 Å². The van der Waals surface area contributed by atoms with E-state index in [9.17, 15) is 19.8 Å². The molecule has 2 unspecified atom stereocenters. The molecule has 0 aliphatic rings. The lowest BCUT2D eigenvalue weighted by atomic mass is 10.0. The first-order valence-corrected chi connectivity index (χ1v) is 38.7. The fourth-order valence-electron chi connectivity index (χ4n) is 12.3. The van der Waals surface area contributed by atoms with Crippen molar-refractivity contribution in [1.82, 2.24) is 5.32 Å². The number of carbonyl (C=O) groups is 2. The standard InChI is InChI=1S/C79H151NO5/c1-3-5-7-9-11-13-15-17-19-20-40-44-47-51-55-59-63-67-71-77(82)76(75-81)80-78(83)72-68-64-60-56-52-48-45-41-38-36-34-32-30-28-26-24-22-21-23-25-27-29-31-33-35-37-39-42-46-50-54-58-62-66-70-74-85-79(84)73-69-65-61-57-53-49-43-18-16-14-12-10-8-6-4-2/h12,14,18,23,25,43,76-77,81-82H,3-11,13,15-17,19-22,24,26-42,44-75H2,1-2H3,(H,80,83)/b14-12-,25-23-,43-18-. The van der Waals surface area contributed by atoms with Gasteiger partial charge in [-0.05, 0) is 83.5 Å². The zero-order valence-electron chi connectivity index (χ0n) is 57.6. The maximum atomic E-state index is 12.5. The van der Waals surface area contributed by atoms with E-state index in [0.717, 1.165) is 51.4 Å². The van der Waals surface area contributed by atoms with Gasteiger partial charge in [-0.2, -0.15) is 0 Å². The van der Waals surface area contributed by atoms with Crippen LogP contribution in [-0.2, 0) is 14.3 Å². The predicted octanol–water partition coefficient (Wildman–Crippen LogP) is 25.4. The highest BCUT2D eigenvalue weighted by molar-refractivity contribution is 5.76. The minimum atomic E-state index is -0.662. The second-order valence-electron chi connectivity index (χ2n) is 26.7. The maximum Gasteiger partial charge on any atom is 0.305 e. The van der Waals surface area contributed by atoms with Gasteiger partial charge in [0, 0.05) is 12.8 Å². The molecule has 85 heavy (non-hydrogen) atoms. The van der Waals surface area contributed by atoms with Crippen molar-refractivity contribution in [2.45, 2.75) is 443 Å². The van der Waals surface area contributed by atoms with Crippen molar-refractivity contribution in [3.05, 3.63) is 36.5 Å². The summed E-state index contributed by atoms with van der Waals surface area (Å²) < 4.78 is 5.49. The van der Waals surface area contributed by atoms with E-state index in [1.165, 1.54) is 347 Å². The van der Waals surface area contributed by atoms with Crippen molar-refractivity contribution >= 4 is 11.9 Å². The number of rotatable bonds is 73. The monoisotopic (exact) mass is 1190 g/mol. The molecule has 502 valence electrons. The van der Waals surface area contributed by atoms with Crippen LogP contribution in [0.3, 0.4) is 0 Å². The first-order chi connectivity index (χ1) is 42.0. The molecule has 0 aliphatic heterocycles. The third-order valence-electron chi connectivity index (χ3n) is 18.2. The number of amides is 1. The Morgan fingerprint density at radius 2 is 0.588 bits per heavy atom. The Morgan fingerprint density at radius 3 is 0.929 bits per heavy atom. The van der Waals surface area contributed by atoms with Crippen molar-refractivity contribution in [2.24, 2.45) is 0 Å². The largest absolute Gasteiger partial charge is 0.466 e. The number of ether oxygens (including phenoxy) is 1. The van der Waals surface area contributed by atoms with Crippen LogP contribution in [-0.4, -0.2) is 47.4 Å². The summed E-state index contributed by atoms with van der Waals surface area (Å²) in [7, 11) is 0. The summed E-state index contributed by atoms with van der Waals surface area (Å²) in [6.07, 6.45) is 96.6. The van der Waals surface area contributed by atoms with Gasteiger partial charge in [-0.3, -0.25) is 9.59 Å². The Kier molecular flexibility index (Phi) is 72.9. The molecule has 6 nitrogen and oxygen atoms in total. The number of allylic oxidation sites excluding steroid dienone is 6. The molecule has 3 N–H and O–H groups in total. The number of unbranched alkanes of at least 4 members (excludes halogenated alkanes) is 56. The van der Waals surface area contributed by atoms with E-state index in [-0.39, 0.29) is 18.5 Å². The number of aliphatic hydroxyl groups excluding tert-OH is 2. The first-order valence-electron chi connectivity index (χ1n) is 38.7. The SMILES string of the molecule is CCCCC/C=C\C/C=C\CCCCCCCC(=O)OCCCCCCCCCCCCCCCC/C=C\CCCCCCCCCCCCCCCCCCCC(=O)NC(CO)C(O)CCCCCCCCCCCCCCCCCCCC. The number of carbonyl (C=O) groups excluding carboxylic acids is 2. The molecule has 6 heteroatoms. The zero-order chi connectivity index (χ0) is 61.3. The van der Waals surface area contributed by atoms with E-state index < -0.39 is 12.1 Å². The number of nitrogens with one attached hydrogen (secondary N) is 1. The Bertz CT molecular complexity index is 1380. The summed E-state index contributed by atoms with van der Waals surface area (Å²) in [4.78, 5) is 24.6. The van der Waals surface area contributed by atoms with Gasteiger partial charge in [-0.25, -0.2) is 0 Å². The molecule has 0 aromatic carbocycles. The molecule has 2 atom stereocenters. The first kappa shape index (κ1) is 83.1. The predicted molar refractivity (Wildman–Crippen MR) is 375 cm³/mol. The summed E-state index contributed by atoms with van der Waals surface area (Å²) in [6, 6.07) is -0.539. The molecule has 0 fully saturated rings. The van der Waals surface area contributed by atoms with Crippen LogP contribution >= 0.6 is 0 Å². The average molecular weight is 1200 g/mol. The van der Waals surface area contributed by atoms with Gasteiger partial charge in [0.1, 0.15) is 0 Å². The summed E-state index contributed by atoms with van der Waals surface area (Å²) >= 11 is 0. The molecule has 0 aromatic rings. The molecule has 0 saturated carbocycles. The third kappa shape index (κ3) is 71.0. The van der Waals surface area contributed by atoms with E-state index in [0.29, 0.717) is 25.9 Å². The van der Waals surface area contributed by atoms with Gasteiger partial charge in [0.25, 0.3) is 0 Å². The molecule has 0 radical (unpaired) electrons. The van der Waals surface area contributed by atoms with Crippen molar-refractivity contribution in [3.8, 4) is 0 Å². The molecule has 0 spiro atoms. The van der Waals surface area contributed by atoms with Crippen LogP contribution in [0.25, 0.3) is 0 Å². The minimum Gasteiger partial charge on any atom is -0.466 e. The van der Waals surface area contributed by atoms with E-state index in [1.807, 2.05) is 0 Å². The van der Waals surface area contributed by atoms with E-state index >= 15 is 0 Å². The lowest BCUT2D eigenvalue weighted by molar-refractivity contribution is -0.143. The van der Waals surface area contributed by atoms with Crippen LogP contribution in [0.1, 0.15) is 431 Å². The van der Waals surface area contributed by atoms with Gasteiger partial charge < -0.3 is 20.3 Å². The second kappa shape index (κ2) is 74.5. The normalized spacial score (nSPS) is 12.7. The fourth-order valence-corrected chi connectivity index (χ4v) is 12.3. The Hall–Kier alpha value is -1.92. The van der Waals surface area contributed by atoms with E-state index in [4.69, 9.17) is 4.74 Å². The van der Waals surface area contributed by atoms with Gasteiger partial charge in [0.15, 0.2) is 0 Å². The van der Waals surface area contributed by atoms with Crippen molar-refractivity contribution in [3.63, 3.8) is 0 Å². The Balaban J connectivity index is 3.34. The van der Waals surface area contributed by atoms with E-state index in [2.05, 4.69) is 55.6 Å². The van der Waals surface area contributed by atoms with Crippen LogP contribution in [0.2, 0.25) is 0 Å². The Labute approximate surface area is 532 Å². The summed E-state index contributed by atoms with van der Waals surface area (Å²) in [6.45, 7) is 4.96. The molecule has 0 aromatic heterocycles. The lowest BCUT2D eigenvalue weighted by Crippen LogP contribution is -2.45. The maximum absolute atomic E-state index is 12.5. The highest BCUT2D eigenvalue weighted by Gasteiger charge is 2.20. The second-order valence-corrected chi connectivity index (χ2v) is 26.7. The van der Waals surface area contributed by atoms with Crippen molar-refractivity contribution in [2.75, 3.05) is 13.2 Å². The molecular weight excluding hydrogens is 1040 g/mol.